The third-order valence-corrected chi connectivity index (χ3v) is 4.00. The molecule has 104 valence electrons. The van der Waals surface area contributed by atoms with Crippen LogP contribution >= 0.6 is 36.2 Å². The summed E-state index contributed by atoms with van der Waals surface area (Å²) < 4.78 is 0.208. The van der Waals surface area contributed by atoms with Crippen molar-refractivity contribution in [3.8, 4) is 10.6 Å². The quantitative estimate of drug-likeness (QED) is 0.452. The van der Waals surface area contributed by atoms with Crippen molar-refractivity contribution in [2.75, 3.05) is 0 Å². The molecule has 0 bridgehead atoms. The molecule has 0 unspecified atom stereocenters. The molecule has 1 aromatic heterocycles. The normalized spacial score (nSPS) is 10.2. The number of hydrogen-bond donors (Lipinski definition) is 3. The van der Waals surface area contributed by atoms with Gasteiger partial charge >= 0.3 is 0 Å². The van der Waals surface area contributed by atoms with Crippen LogP contribution in [-0.4, -0.2) is 15.2 Å². The Labute approximate surface area is 132 Å². The molecule has 0 aliphatic rings. The molecule has 0 atom stereocenters. The van der Waals surface area contributed by atoms with Crippen LogP contribution in [-0.2, 0) is 0 Å². The highest BCUT2D eigenvalue weighted by Crippen LogP contribution is 2.27. The number of amides is 1. The lowest BCUT2D eigenvalue weighted by atomic mass is 10.2. The Kier molecular flexibility index (Phi) is 4.74. The minimum absolute atomic E-state index is 0.208. The summed E-state index contributed by atoms with van der Waals surface area (Å²) in [5.41, 5.74) is 7.86. The van der Waals surface area contributed by atoms with Gasteiger partial charge in [-0.3, -0.25) is 15.6 Å². The smallest absolute Gasteiger partial charge is 0.281 e. The number of nitrogens with zero attached hydrogens (tertiary/aromatic N) is 1. The van der Waals surface area contributed by atoms with Gasteiger partial charge in [0.2, 0.25) is 0 Å². The predicted molar refractivity (Wildman–Crippen MR) is 89.2 cm³/mol. The summed E-state index contributed by atoms with van der Waals surface area (Å²) in [6.07, 6.45) is 0. The van der Waals surface area contributed by atoms with E-state index in [1.54, 1.807) is 0 Å². The lowest BCUT2D eigenvalue weighted by molar-refractivity contribution is 0.0948. The number of carbonyl (C=O) groups is 1. The largest absolute Gasteiger partial charge is 0.283 e. The topological polar surface area (TPSA) is 54.0 Å². The molecule has 0 fully saturated rings. The molecule has 0 aliphatic heterocycles. The predicted octanol–water partition coefficient (Wildman–Crippen LogP) is 2.88. The number of hydrogen-bond acceptors (Lipinski definition) is 4. The standard InChI is InChI=1S/C13H13N3OS3/c1-7-3-5-9(6-4-7)12-14-8(2)10(20-12)11(17)15-16-13(18)19/h3-6H,1-2H3,(H,15,17)(H2,16,18,19). The fourth-order valence-corrected chi connectivity index (χ4v) is 2.67. The number of thiazole rings is 1. The molecule has 0 aliphatic carbocycles. The SMILES string of the molecule is Cc1ccc(-c2nc(C)c(C(=O)NNC(=S)S)s2)cc1. The highest BCUT2D eigenvalue weighted by atomic mass is 32.1. The average molecular weight is 323 g/mol. The zero-order valence-corrected chi connectivity index (χ0v) is 13.5. The molecule has 4 nitrogen and oxygen atoms in total. The summed E-state index contributed by atoms with van der Waals surface area (Å²) in [5, 5.41) is 0.820. The first-order valence-corrected chi connectivity index (χ1v) is 7.48. The van der Waals surface area contributed by atoms with Crippen molar-refractivity contribution in [1.29, 1.82) is 0 Å². The van der Waals surface area contributed by atoms with E-state index in [4.69, 9.17) is 12.2 Å². The molecule has 0 radical (unpaired) electrons. The van der Waals surface area contributed by atoms with Crippen molar-refractivity contribution in [2.45, 2.75) is 13.8 Å². The van der Waals surface area contributed by atoms with Gasteiger partial charge in [-0.2, -0.15) is 0 Å². The summed E-state index contributed by atoms with van der Waals surface area (Å²) >= 11 is 9.94. The number of thiol groups is 1. The molecule has 1 aromatic carbocycles. The lowest BCUT2D eigenvalue weighted by Crippen LogP contribution is -2.38. The first kappa shape index (κ1) is 15.0. The Morgan fingerprint density at radius 1 is 1.25 bits per heavy atom. The highest BCUT2D eigenvalue weighted by Gasteiger charge is 2.16. The molecule has 2 aromatic rings. The fraction of sp³-hybridized carbons (Fsp3) is 0.154. The van der Waals surface area contributed by atoms with Crippen LogP contribution in [0.4, 0.5) is 0 Å². The van der Waals surface area contributed by atoms with Crippen molar-refractivity contribution in [3.05, 3.63) is 40.4 Å². The molecule has 7 heteroatoms. The van der Waals surface area contributed by atoms with Crippen molar-refractivity contribution in [3.63, 3.8) is 0 Å². The van der Waals surface area contributed by atoms with Gasteiger partial charge in [0.25, 0.3) is 5.91 Å². The second kappa shape index (κ2) is 6.34. The maximum absolute atomic E-state index is 12.0. The zero-order valence-electron chi connectivity index (χ0n) is 10.9. The second-order valence-electron chi connectivity index (χ2n) is 4.18. The third-order valence-electron chi connectivity index (χ3n) is 2.58. The van der Waals surface area contributed by atoms with Crippen LogP contribution in [0.15, 0.2) is 24.3 Å². The van der Waals surface area contributed by atoms with Crippen molar-refractivity contribution < 1.29 is 4.79 Å². The van der Waals surface area contributed by atoms with Gasteiger partial charge < -0.3 is 0 Å². The number of aryl methyl sites for hydroxylation is 2. The minimum atomic E-state index is -0.269. The van der Waals surface area contributed by atoms with Gasteiger partial charge in [0.15, 0.2) is 0 Å². The Balaban J connectivity index is 2.23. The Morgan fingerprint density at radius 3 is 2.50 bits per heavy atom. The first-order valence-electron chi connectivity index (χ1n) is 5.81. The molecular weight excluding hydrogens is 310 g/mol. The zero-order chi connectivity index (χ0) is 14.7. The van der Waals surface area contributed by atoms with E-state index < -0.39 is 0 Å². The summed E-state index contributed by atoms with van der Waals surface area (Å²) in [5.74, 6) is -0.269. The highest BCUT2D eigenvalue weighted by molar-refractivity contribution is 8.11. The summed E-state index contributed by atoms with van der Waals surface area (Å²) in [6.45, 7) is 3.84. The van der Waals surface area contributed by atoms with Crippen LogP contribution in [0, 0.1) is 13.8 Å². The van der Waals surface area contributed by atoms with Gasteiger partial charge in [0.1, 0.15) is 14.2 Å². The second-order valence-corrected chi connectivity index (χ2v) is 6.34. The summed E-state index contributed by atoms with van der Waals surface area (Å²) in [6, 6.07) is 8.03. The summed E-state index contributed by atoms with van der Waals surface area (Å²) in [4.78, 5) is 17.0. The molecule has 1 amide bonds. The lowest BCUT2D eigenvalue weighted by Gasteiger charge is -2.03. The maximum Gasteiger partial charge on any atom is 0.281 e. The summed E-state index contributed by atoms with van der Waals surface area (Å²) in [7, 11) is 0. The monoisotopic (exact) mass is 323 g/mol. The van der Waals surface area contributed by atoms with E-state index in [1.807, 2.05) is 38.1 Å². The number of benzene rings is 1. The average Bonchev–Trinajstić information content (AvgIpc) is 2.79. The third kappa shape index (κ3) is 3.56. The van der Waals surface area contributed by atoms with Crippen molar-refractivity contribution in [2.24, 2.45) is 0 Å². The number of rotatable bonds is 2. The molecule has 0 saturated carbocycles. The van der Waals surface area contributed by atoms with Crippen LogP contribution in [0.25, 0.3) is 10.6 Å². The molecule has 2 rings (SSSR count). The molecule has 0 saturated heterocycles. The van der Waals surface area contributed by atoms with Gasteiger partial charge in [0.05, 0.1) is 5.69 Å². The van der Waals surface area contributed by atoms with Crippen LogP contribution in [0.5, 0.6) is 0 Å². The molecule has 1 heterocycles. The minimum Gasteiger partial charge on any atom is -0.283 e. The molecule has 20 heavy (non-hydrogen) atoms. The Bertz CT molecular complexity index is 649. The van der Waals surface area contributed by atoms with Gasteiger partial charge in [0, 0.05) is 5.56 Å². The van der Waals surface area contributed by atoms with Crippen LogP contribution in [0.3, 0.4) is 0 Å². The number of hydrazine groups is 1. The fourth-order valence-electron chi connectivity index (χ4n) is 1.59. The van der Waals surface area contributed by atoms with Crippen LogP contribution in [0.1, 0.15) is 20.9 Å². The van der Waals surface area contributed by atoms with E-state index in [-0.39, 0.29) is 10.2 Å². The Hall–Kier alpha value is -1.44. The van der Waals surface area contributed by atoms with E-state index in [1.165, 1.54) is 16.9 Å². The number of aromatic nitrogens is 1. The number of nitrogens with one attached hydrogen (secondary N) is 2. The van der Waals surface area contributed by atoms with Crippen LogP contribution in [0.2, 0.25) is 0 Å². The van der Waals surface area contributed by atoms with Gasteiger partial charge in [-0.1, -0.05) is 42.0 Å². The van der Waals surface area contributed by atoms with Crippen molar-refractivity contribution >= 4 is 46.4 Å². The van der Waals surface area contributed by atoms with E-state index in [0.717, 1.165) is 10.6 Å². The Morgan fingerprint density at radius 2 is 1.90 bits per heavy atom. The maximum atomic E-state index is 12.0. The first-order chi connectivity index (χ1) is 9.47. The number of thiocarbonyl (C=S) groups is 1. The van der Waals surface area contributed by atoms with Gasteiger partial charge in [-0.25, -0.2) is 4.98 Å². The van der Waals surface area contributed by atoms with Gasteiger partial charge in [-0.15, -0.1) is 24.0 Å². The van der Waals surface area contributed by atoms with Crippen LogP contribution < -0.4 is 10.9 Å². The van der Waals surface area contributed by atoms with E-state index in [9.17, 15) is 4.79 Å². The van der Waals surface area contributed by atoms with E-state index in [2.05, 4.69) is 28.5 Å². The van der Waals surface area contributed by atoms with Gasteiger partial charge in [-0.05, 0) is 13.8 Å². The molecule has 0 spiro atoms. The van der Waals surface area contributed by atoms with E-state index >= 15 is 0 Å². The van der Waals surface area contributed by atoms with E-state index in [0.29, 0.717) is 10.6 Å². The number of carbonyl (C=O) groups excluding carboxylic acids is 1. The molecule has 2 N–H and O–H groups in total. The van der Waals surface area contributed by atoms with Crippen molar-refractivity contribution in [1.82, 2.24) is 15.8 Å². The molecular formula is C13H13N3OS3.